The molecule has 0 fully saturated rings. The summed E-state index contributed by atoms with van der Waals surface area (Å²) in [5, 5.41) is 11.7. The fourth-order valence-electron chi connectivity index (χ4n) is 3.28. The second-order valence-electron chi connectivity index (χ2n) is 7.72. The minimum absolute atomic E-state index is 0.0460. The Bertz CT molecular complexity index is 1410. The maximum atomic E-state index is 12.6. The Labute approximate surface area is 199 Å². The molecule has 1 atom stereocenters. The number of carbonyl (C=O) groups excluding carboxylic acids is 2. The maximum Gasteiger partial charge on any atom is 0.338 e. The van der Waals surface area contributed by atoms with Gasteiger partial charge in [-0.1, -0.05) is 41.4 Å². The summed E-state index contributed by atoms with van der Waals surface area (Å²) in [7, 11) is 0. The van der Waals surface area contributed by atoms with Gasteiger partial charge in [-0.2, -0.15) is 0 Å². The van der Waals surface area contributed by atoms with Gasteiger partial charge in [0.15, 0.2) is 6.10 Å². The molecule has 0 spiro atoms. The van der Waals surface area contributed by atoms with Gasteiger partial charge in [0.1, 0.15) is 5.82 Å². The van der Waals surface area contributed by atoms with Crippen LogP contribution in [0.25, 0.3) is 22.4 Å². The van der Waals surface area contributed by atoms with Crippen LogP contribution in [0.3, 0.4) is 0 Å². The minimum Gasteiger partial charge on any atom is -0.478 e. The number of rotatable bonds is 6. The molecular formula is C25H20ClN3O5. The summed E-state index contributed by atoms with van der Waals surface area (Å²) in [6.07, 6.45) is -1.13. The van der Waals surface area contributed by atoms with Gasteiger partial charge in [0.25, 0.3) is 5.91 Å². The van der Waals surface area contributed by atoms with Gasteiger partial charge in [-0.25, -0.2) is 14.6 Å². The highest BCUT2D eigenvalue weighted by molar-refractivity contribution is 6.33. The molecule has 3 N–H and O–H groups in total. The average molecular weight is 478 g/mol. The first kappa shape index (κ1) is 23.0. The molecule has 34 heavy (non-hydrogen) atoms. The average Bonchev–Trinajstić information content (AvgIpc) is 3.23. The molecule has 9 heteroatoms. The number of nitrogens with one attached hydrogen (secondary N) is 2. The molecule has 1 amide bonds. The number of carboxylic acid groups (broad SMARTS) is 1. The van der Waals surface area contributed by atoms with Crippen LogP contribution in [0, 0.1) is 6.92 Å². The Morgan fingerprint density at radius 3 is 2.50 bits per heavy atom. The monoisotopic (exact) mass is 477 g/mol. The fourth-order valence-corrected chi connectivity index (χ4v) is 3.48. The number of nitrogens with zero attached hydrogens (tertiary/aromatic N) is 1. The highest BCUT2D eigenvalue weighted by Gasteiger charge is 2.20. The quantitative estimate of drug-likeness (QED) is 0.333. The number of esters is 1. The van der Waals surface area contributed by atoms with Crippen LogP contribution in [0.1, 0.15) is 33.2 Å². The van der Waals surface area contributed by atoms with Crippen molar-refractivity contribution in [1.82, 2.24) is 9.97 Å². The Morgan fingerprint density at radius 1 is 1.06 bits per heavy atom. The maximum absolute atomic E-state index is 12.6. The molecule has 0 radical (unpaired) electrons. The largest absolute Gasteiger partial charge is 0.478 e. The van der Waals surface area contributed by atoms with Crippen molar-refractivity contribution in [3.05, 3.63) is 82.4 Å². The van der Waals surface area contributed by atoms with Crippen LogP contribution in [-0.4, -0.2) is 39.0 Å². The van der Waals surface area contributed by atoms with Crippen LogP contribution in [-0.2, 0) is 9.53 Å². The number of fused-ring (bicyclic) bond motifs is 1. The Morgan fingerprint density at radius 2 is 1.79 bits per heavy atom. The van der Waals surface area contributed by atoms with Crippen molar-refractivity contribution in [1.29, 1.82) is 0 Å². The van der Waals surface area contributed by atoms with E-state index >= 15 is 0 Å². The van der Waals surface area contributed by atoms with Crippen LogP contribution in [0.15, 0.2) is 60.7 Å². The van der Waals surface area contributed by atoms with Crippen molar-refractivity contribution in [2.24, 2.45) is 0 Å². The number of hydrogen-bond acceptors (Lipinski definition) is 5. The molecule has 3 aromatic carbocycles. The number of aryl methyl sites for hydroxylation is 1. The number of ether oxygens (including phenoxy) is 1. The van der Waals surface area contributed by atoms with Gasteiger partial charge in [-0.3, -0.25) is 4.79 Å². The zero-order valence-electron chi connectivity index (χ0n) is 18.3. The van der Waals surface area contributed by atoms with E-state index in [1.165, 1.54) is 25.1 Å². The Hall–Kier alpha value is -4.17. The third-order valence-corrected chi connectivity index (χ3v) is 5.49. The number of benzene rings is 3. The van der Waals surface area contributed by atoms with E-state index in [0.717, 1.165) is 11.1 Å². The first-order chi connectivity index (χ1) is 16.2. The lowest BCUT2D eigenvalue weighted by Gasteiger charge is -2.14. The lowest BCUT2D eigenvalue weighted by molar-refractivity contribution is -0.123. The lowest BCUT2D eigenvalue weighted by Crippen LogP contribution is -2.30. The number of aromatic amines is 1. The summed E-state index contributed by atoms with van der Waals surface area (Å²) in [5.41, 5.74) is 3.73. The summed E-state index contributed by atoms with van der Waals surface area (Å²) in [6.45, 7) is 3.43. The van der Waals surface area contributed by atoms with E-state index in [0.29, 0.717) is 16.9 Å². The van der Waals surface area contributed by atoms with Crippen LogP contribution in [0.5, 0.6) is 0 Å². The predicted octanol–water partition coefficient (Wildman–Crippen LogP) is 5.07. The second-order valence-corrected chi connectivity index (χ2v) is 8.13. The number of aromatic carboxylic acids is 1. The summed E-state index contributed by atoms with van der Waals surface area (Å²) >= 11 is 5.84. The highest BCUT2D eigenvalue weighted by Crippen LogP contribution is 2.23. The Balaban J connectivity index is 1.45. The zero-order valence-corrected chi connectivity index (χ0v) is 19.0. The summed E-state index contributed by atoms with van der Waals surface area (Å²) in [6, 6.07) is 16.8. The molecule has 4 aromatic rings. The van der Waals surface area contributed by atoms with E-state index in [2.05, 4.69) is 15.3 Å². The molecule has 1 unspecified atom stereocenters. The number of amides is 1. The fraction of sp³-hybridized carbons (Fsp3) is 0.120. The van der Waals surface area contributed by atoms with Crippen LogP contribution in [0.2, 0.25) is 5.02 Å². The number of carboxylic acids is 1. The van der Waals surface area contributed by atoms with Gasteiger partial charge in [-0.05, 0) is 50.2 Å². The second kappa shape index (κ2) is 9.36. The molecule has 0 bridgehead atoms. The van der Waals surface area contributed by atoms with Crippen molar-refractivity contribution < 1.29 is 24.2 Å². The Kier molecular flexibility index (Phi) is 6.34. The number of hydrogen-bond donors (Lipinski definition) is 3. The number of anilines is 1. The van der Waals surface area contributed by atoms with Crippen LogP contribution >= 0.6 is 11.6 Å². The third kappa shape index (κ3) is 4.92. The van der Waals surface area contributed by atoms with E-state index in [1.807, 2.05) is 31.2 Å². The third-order valence-electron chi connectivity index (χ3n) is 5.16. The molecule has 1 heterocycles. The number of H-pyrrole nitrogens is 1. The van der Waals surface area contributed by atoms with E-state index < -0.39 is 23.9 Å². The smallest absolute Gasteiger partial charge is 0.338 e. The van der Waals surface area contributed by atoms with Crippen molar-refractivity contribution in [3.63, 3.8) is 0 Å². The molecule has 0 saturated heterocycles. The topological polar surface area (TPSA) is 121 Å². The number of halogens is 1. The van der Waals surface area contributed by atoms with Crippen molar-refractivity contribution in [2.75, 3.05) is 5.32 Å². The summed E-state index contributed by atoms with van der Waals surface area (Å²) in [4.78, 5) is 44.0. The van der Waals surface area contributed by atoms with Gasteiger partial charge >= 0.3 is 11.9 Å². The normalized spacial score (nSPS) is 11.7. The molecule has 8 nitrogen and oxygen atoms in total. The SMILES string of the molecule is Cc1ccc(-c2nc3ccc(C(=O)OC(C)C(=O)Nc4ccc(Cl)c(C(=O)O)c4)cc3[nH]2)cc1. The predicted molar refractivity (Wildman–Crippen MR) is 128 cm³/mol. The molecular weight excluding hydrogens is 458 g/mol. The van der Waals surface area contributed by atoms with Gasteiger partial charge in [-0.15, -0.1) is 0 Å². The van der Waals surface area contributed by atoms with Crippen LogP contribution < -0.4 is 5.32 Å². The van der Waals surface area contributed by atoms with Gasteiger partial charge in [0.2, 0.25) is 0 Å². The van der Waals surface area contributed by atoms with E-state index in [1.54, 1.807) is 18.2 Å². The molecule has 0 aliphatic carbocycles. The first-order valence-electron chi connectivity index (χ1n) is 10.3. The number of imidazole rings is 1. The van der Waals surface area contributed by atoms with Crippen molar-refractivity contribution in [3.8, 4) is 11.4 Å². The zero-order chi connectivity index (χ0) is 24.4. The molecule has 0 aliphatic rings. The summed E-state index contributed by atoms with van der Waals surface area (Å²) < 4.78 is 5.30. The molecule has 0 aliphatic heterocycles. The lowest BCUT2D eigenvalue weighted by atomic mass is 10.1. The van der Waals surface area contributed by atoms with E-state index in [9.17, 15) is 14.4 Å². The van der Waals surface area contributed by atoms with Gasteiger partial charge in [0, 0.05) is 11.3 Å². The molecule has 172 valence electrons. The highest BCUT2D eigenvalue weighted by atomic mass is 35.5. The molecule has 4 rings (SSSR count). The van der Waals surface area contributed by atoms with E-state index in [4.69, 9.17) is 21.4 Å². The van der Waals surface area contributed by atoms with Gasteiger partial charge < -0.3 is 20.1 Å². The molecule has 0 saturated carbocycles. The minimum atomic E-state index is -1.22. The first-order valence-corrected chi connectivity index (χ1v) is 10.7. The number of aromatic nitrogens is 2. The molecule has 1 aromatic heterocycles. The van der Waals surface area contributed by atoms with Crippen molar-refractivity contribution >= 4 is 46.2 Å². The van der Waals surface area contributed by atoms with Crippen molar-refractivity contribution in [2.45, 2.75) is 20.0 Å². The van der Waals surface area contributed by atoms with Gasteiger partial charge in [0.05, 0.1) is 27.2 Å². The van der Waals surface area contributed by atoms with Crippen LogP contribution in [0.4, 0.5) is 5.69 Å². The van der Waals surface area contributed by atoms with E-state index in [-0.39, 0.29) is 21.8 Å². The standard InChI is InChI=1S/C25H20ClN3O5/c1-13-3-5-15(6-4-13)22-28-20-10-7-16(11-21(20)29-22)25(33)34-14(2)23(30)27-17-8-9-19(26)18(12-17)24(31)32/h3-12,14H,1-2H3,(H,27,30)(H,28,29)(H,31,32). The number of carbonyl (C=O) groups is 3. The summed E-state index contributed by atoms with van der Waals surface area (Å²) in [5.74, 6) is -1.84.